The van der Waals surface area contributed by atoms with Gasteiger partial charge in [-0.15, -0.1) is 0 Å². The lowest BCUT2D eigenvalue weighted by Gasteiger charge is -2.09. The normalized spacial score (nSPS) is 9.68. The fourth-order valence-corrected chi connectivity index (χ4v) is 1.76. The molecule has 3 N–H and O–H groups in total. The van der Waals surface area contributed by atoms with Gasteiger partial charge in [-0.25, -0.2) is 0 Å². The molecule has 0 bridgehead atoms. The second-order valence-corrected chi connectivity index (χ2v) is 4.12. The maximum atomic E-state index is 8.81. The standard InChI is InChI=1S/C15H15N3O/c1-19-14-4-2-3-11(7-14)10-18-13-6-5-12(9-16)15(17)8-13/h2-8,18H,10,17H2,1H3. The molecule has 0 saturated carbocycles. The highest BCUT2D eigenvalue weighted by atomic mass is 16.5. The number of nitrogen functional groups attached to an aromatic ring is 1. The quantitative estimate of drug-likeness (QED) is 0.822. The molecule has 0 atom stereocenters. The molecule has 0 heterocycles. The summed E-state index contributed by atoms with van der Waals surface area (Å²) < 4.78 is 5.17. The van der Waals surface area contributed by atoms with E-state index in [-0.39, 0.29) is 0 Å². The molecule has 4 nitrogen and oxygen atoms in total. The molecule has 0 aliphatic carbocycles. The van der Waals surface area contributed by atoms with E-state index in [1.807, 2.05) is 36.4 Å². The number of ether oxygens (including phenoxy) is 1. The Kier molecular flexibility index (Phi) is 3.89. The minimum atomic E-state index is 0.484. The monoisotopic (exact) mass is 253 g/mol. The summed E-state index contributed by atoms with van der Waals surface area (Å²) in [5.41, 5.74) is 8.74. The van der Waals surface area contributed by atoms with Gasteiger partial charge in [0.05, 0.1) is 18.4 Å². The van der Waals surface area contributed by atoms with Crippen molar-refractivity contribution in [2.24, 2.45) is 0 Å². The van der Waals surface area contributed by atoms with Crippen LogP contribution in [0.25, 0.3) is 0 Å². The van der Waals surface area contributed by atoms with E-state index < -0.39 is 0 Å². The van der Waals surface area contributed by atoms with Crippen molar-refractivity contribution in [3.63, 3.8) is 0 Å². The average molecular weight is 253 g/mol. The third-order valence-electron chi connectivity index (χ3n) is 2.80. The van der Waals surface area contributed by atoms with E-state index >= 15 is 0 Å². The Hall–Kier alpha value is -2.67. The van der Waals surface area contributed by atoms with Gasteiger partial charge in [-0.2, -0.15) is 5.26 Å². The van der Waals surface area contributed by atoms with Gasteiger partial charge in [-0.05, 0) is 35.9 Å². The number of nitrogens with zero attached hydrogens (tertiary/aromatic N) is 1. The molecule has 0 aromatic heterocycles. The number of anilines is 2. The van der Waals surface area contributed by atoms with Gasteiger partial charge in [0.2, 0.25) is 0 Å². The van der Waals surface area contributed by atoms with Crippen molar-refractivity contribution in [1.29, 1.82) is 5.26 Å². The lowest BCUT2D eigenvalue weighted by molar-refractivity contribution is 0.414. The van der Waals surface area contributed by atoms with Crippen molar-refractivity contribution in [3.05, 3.63) is 53.6 Å². The summed E-state index contributed by atoms with van der Waals surface area (Å²) in [6.45, 7) is 0.669. The maximum absolute atomic E-state index is 8.81. The summed E-state index contributed by atoms with van der Waals surface area (Å²) in [4.78, 5) is 0. The maximum Gasteiger partial charge on any atom is 0.119 e. The minimum Gasteiger partial charge on any atom is -0.497 e. The number of hydrogen-bond acceptors (Lipinski definition) is 4. The van der Waals surface area contributed by atoms with Crippen LogP contribution in [0, 0.1) is 11.3 Å². The number of nitrogens with two attached hydrogens (primary N) is 1. The Morgan fingerprint density at radius 1 is 1.26 bits per heavy atom. The number of hydrogen-bond donors (Lipinski definition) is 2. The Labute approximate surface area is 112 Å². The van der Waals surface area contributed by atoms with E-state index in [0.717, 1.165) is 17.0 Å². The van der Waals surface area contributed by atoms with E-state index in [4.69, 9.17) is 15.7 Å². The molecular weight excluding hydrogens is 238 g/mol. The van der Waals surface area contributed by atoms with Gasteiger partial charge < -0.3 is 15.8 Å². The molecule has 0 aliphatic rings. The molecule has 0 saturated heterocycles. The van der Waals surface area contributed by atoms with Gasteiger partial charge in [0.15, 0.2) is 0 Å². The van der Waals surface area contributed by atoms with Gasteiger partial charge in [0.25, 0.3) is 0 Å². The fourth-order valence-electron chi connectivity index (χ4n) is 1.76. The molecule has 96 valence electrons. The predicted molar refractivity (Wildman–Crippen MR) is 75.9 cm³/mol. The summed E-state index contributed by atoms with van der Waals surface area (Å²) in [5.74, 6) is 0.832. The van der Waals surface area contributed by atoms with Crippen LogP contribution < -0.4 is 15.8 Å². The Morgan fingerprint density at radius 2 is 2.11 bits per heavy atom. The van der Waals surface area contributed by atoms with Crippen molar-refractivity contribution in [3.8, 4) is 11.8 Å². The highest BCUT2D eigenvalue weighted by Crippen LogP contribution is 2.19. The van der Waals surface area contributed by atoms with E-state index in [9.17, 15) is 0 Å². The average Bonchev–Trinajstić information content (AvgIpc) is 2.45. The third-order valence-corrected chi connectivity index (χ3v) is 2.80. The number of benzene rings is 2. The highest BCUT2D eigenvalue weighted by molar-refractivity contribution is 5.62. The van der Waals surface area contributed by atoms with Gasteiger partial charge in [0.1, 0.15) is 11.8 Å². The van der Waals surface area contributed by atoms with Gasteiger partial charge in [0, 0.05) is 12.2 Å². The summed E-state index contributed by atoms with van der Waals surface area (Å²) >= 11 is 0. The molecule has 4 heteroatoms. The predicted octanol–water partition coefficient (Wildman–Crippen LogP) is 2.76. The zero-order valence-electron chi connectivity index (χ0n) is 10.7. The Morgan fingerprint density at radius 3 is 2.79 bits per heavy atom. The Balaban J connectivity index is 2.06. The molecule has 0 amide bonds. The van der Waals surface area contributed by atoms with Crippen molar-refractivity contribution >= 4 is 11.4 Å². The third kappa shape index (κ3) is 3.17. The van der Waals surface area contributed by atoms with Crippen molar-refractivity contribution in [2.45, 2.75) is 6.54 Å². The molecule has 0 spiro atoms. The Bertz CT molecular complexity index is 617. The van der Waals surface area contributed by atoms with Crippen LogP contribution in [0.1, 0.15) is 11.1 Å². The fraction of sp³-hybridized carbons (Fsp3) is 0.133. The van der Waals surface area contributed by atoms with Crippen LogP contribution in [-0.4, -0.2) is 7.11 Å². The van der Waals surface area contributed by atoms with Crippen LogP contribution >= 0.6 is 0 Å². The van der Waals surface area contributed by atoms with E-state index in [2.05, 4.69) is 5.32 Å². The van der Waals surface area contributed by atoms with E-state index in [0.29, 0.717) is 17.8 Å². The second kappa shape index (κ2) is 5.78. The largest absolute Gasteiger partial charge is 0.497 e. The van der Waals surface area contributed by atoms with Crippen molar-refractivity contribution in [1.82, 2.24) is 0 Å². The first kappa shape index (κ1) is 12.8. The molecule has 0 fully saturated rings. The van der Waals surface area contributed by atoms with Crippen molar-refractivity contribution in [2.75, 3.05) is 18.2 Å². The lowest BCUT2D eigenvalue weighted by Crippen LogP contribution is -2.01. The van der Waals surface area contributed by atoms with Crippen LogP contribution in [0.5, 0.6) is 5.75 Å². The number of nitriles is 1. The van der Waals surface area contributed by atoms with Crippen molar-refractivity contribution < 1.29 is 4.74 Å². The molecule has 0 radical (unpaired) electrons. The second-order valence-electron chi connectivity index (χ2n) is 4.12. The van der Waals surface area contributed by atoms with E-state index in [1.54, 1.807) is 19.2 Å². The molecule has 0 unspecified atom stereocenters. The van der Waals surface area contributed by atoms with Gasteiger partial charge >= 0.3 is 0 Å². The first-order chi connectivity index (χ1) is 9.22. The van der Waals surface area contributed by atoms with Crippen LogP contribution in [0.2, 0.25) is 0 Å². The van der Waals surface area contributed by atoms with E-state index in [1.165, 1.54) is 0 Å². The molecular formula is C15H15N3O. The van der Waals surface area contributed by atoms with Crippen LogP contribution in [0.4, 0.5) is 11.4 Å². The topological polar surface area (TPSA) is 71.1 Å². The van der Waals surface area contributed by atoms with Crippen LogP contribution in [0.15, 0.2) is 42.5 Å². The van der Waals surface area contributed by atoms with Gasteiger partial charge in [-0.3, -0.25) is 0 Å². The smallest absolute Gasteiger partial charge is 0.119 e. The minimum absolute atomic E-state index is 0.484. The van der Waals surface area contributed by atoms with Gasteiger partial charge in [-0.1, -0.05) is 12.1 Å². The summed E-state index contributed by atoms with van der Waals surface area (Å²) in [7, 11) is 1.65. The molecule has 2 rings (SSSR count). The number of nitrogens with one attached hydrogen (secondary N) is 1. The summed E-state index contributed by atoms with van der Waals surface area (Å²) in [6, 6.07) is 15.2. The first-order valence-electron chi connectivity index (χ1n) is 5.89. The number of methoxy groups -OCH3 is 1. The molecule has 0 aliphatic heterocycles. The summed E-state index contributed by atoms with van der Waals surface area (Å²) in [5, 5.41) is 12.1. The van der Waals surface area contributed by atoms with Crippen LogP contribution in [-0.2, 0) is 6.54 Å². The zero-order valence-corrected chi connectivity index (χ0v) is 10.7. The molecule has 2 aromatic carbocycles. The number of rotatable bonds is 4. The SMILES string of the molecule is COc1cccc(CNc2ccc(C#N)c(N)c2)c1. The summed E-state index contributed by atoms with van der Waals surface area (Å²) in [6.07, 6.45) is 0. The lowest BCUT2D eigenvalue weighted by atomic mass is 10.1. The first-order valence-corrected chi connectivity index (χ1v) is 5.89. The highest BCUT2D eigenvalue weighted by Gasteiger charge is 2.00. The molecule has 2 aromatic rings. The molecule has 19 heavy (non-hydrogen) atoms. The van der Waals surface area contributed by atoms with Crippen LogP contribution in [0.3, 0.4) is 0 Å². The zero-order chi connectivity index (χ0) is 13.7.